The average molecular weight is 461 g/mol. The Balaban J connectivity index is 1.36. The van der Waals surface area contributed by atoms with Crippen molar-refractivity contribution in [3.8, 4) is 11.3 Å². The Hall–Kier alpha value is -3.49. The molecule has 2 aromatic carbocycles. The van der Waals surface area contributed by atoms with Gasteiger partial charge in [-0.1, -0.05) is 24.3 Å². The average Bonchev–Trinajstić information content (AvgIpc) is 3.50. The van der Waals surface area contributed by atoms with E-state index in [2.05, 4.69) is 10.3 Å². The van der Waals surface area contributed by atoms with Gasteiger partial charge in [-0.15, -0.1) is 0 Å². The van der Waals surface area contributed by atoms with Crippen LogP contribution in [0.2, 0.25) is 0 Å². The first-order valence-corrected chi connectivity index (χ1v) is 12.3. The first kappa shape index (κ1) is 21.4. The number of amides is 1. The summed E-state index contributed by atoms with van der Waals surface area (Å²) in [4.78, 5) is 17.7. The molecule has 0 spiro atoms. The van der Waals surface area contributed by atoms with Crippen molar-refractivity contribution in [1.29, 1.82) is 0 Å². The smallest absolute Gasteiger partial charge is 0.255 e. The lowest BCUT2D eigenvalue weighted by molar-refractivity contribution is 0.102. The van der Waals surface area contributed by atoms with Gasteiger partial charge < -0.3 is 9.72 Å². The van der Waals surface area contributed by atoms with Crippen molar-refractivity contribution in [1.82, 2.24) is 13.7 Å². The van der Waals surface area contributed by atoms with Gasteiger partial charge in [0.2, 0.25) is 10.0 Å². The molecule has 3 heterocycles. The van der Waals surface area contributed by atoms with E-state index in [1.165, 1.54) is 10.4 Å². The molecule has 0 atom stereocenters. The van der Waals surface area contributed by atoms with Crippen LogP contribution < -0.4 is 5.32 Å². The van der Waals surface area contributed by atoms with Crippen LogP contribution in [-0.4, -0.2) is 41.1 Å². The zero-order valence-corrected chi connectivity index (χ0v) is 19.0. The summed E-state index contributed by atoms with van der Waals surface area (Å²) in [5, 5.41) is 2.88. The van der Waals surface area contributed by atoms with Gasteiger partial charge in [0, 0.05) is 42.3 Å². The van der Waals surface area contributed by atoms with Gasteiger partial charge in [0.1, 0.15) is 5.65 Å². The summed E-state index contributed by atoms with van der Waals surface area (Å²) in [6.45, 7) is 2.85. The fourth-order valence-electron chi connectivity index (χ4n) is 4.08. The number of anilines is 1. The van der Waals surface area contributed by atoms with Crippen LogP contribution in [0.25, 0.3) is 16.9 Å². The minimum absolute atomic E-state index is 0.155. The van der Waals surface area contributed by atoms with Gasteiger partial charge >= 0.3 is 0 Å². The maximum absolute atomic E-state index is 13.0. The SMILES string of the molecule is Cc1ccc(S(=O)(=O)N2CCCC2)cc1C(=O)Nc1ccc(-c2cn3ccccc3n2)cc1. The Labute approximate surface area is 192 Å². The van der Waals surface area contributed by atoms with Crippen LogP contribution in [0.4, 0.5) is 5.69 Å². The fraction of sp³-hybridized carbons (Fsp3) is 0.200. The van der Waals surface area contributed by atoms with E-state index in [9.17, 15) is 13.2 Å². The molecule has 1 amide bonds. The van der Waals surface area contributed by atoms with E-state index >= 15 is 0 Å². The van der Waals surface area contributed by atoms with Gasteiger partial charge in [-0.25, -0.2) is 13.4 Å². The molecule has 0 saturated carbocycles. The zero-order valence-electron chi connectivity index (χ0n) is 18.2. The molecule has 5 rings (SSSR count). The molecule has 8 heteroatoms. The van der Waals surface area contributed by atoms with Crippen molar-refractivity contribution in [3.63, 3.8) is 0 Å². The second-order valence-corrected chi connectivity index (χ2v) is 10.1. The van der Waals surface area contributed by atoms with E-state index in [0.29, 0.717) is 29.9 Å². The maximum Gasteiger partial charge on any atom is 0.255 e. The molecule has 0 aliphatic carbocycles. The first-order valence-electron chi connectivity index (χ1n) is 10.9. The second kappa shape index (κ2) is 8.46. The van der Waals surface area contributed by atoms with Crippen molar-refractivity contribution in [3.05, 3.63) is 84.2 Å². The number of hydrogen-bond acceptors (Lipinski definition) is 4. The predicted molar refractivity (Wildman–Crippen MR) is 128 cm³/mol. The van der Waals surface area contributed by atoms with Crippen molar-refractivity contribution in [2.45, 2.75) is 24.7 Å². The lowest BCUT2D eigenvalue weighted by atomic mass is 10.1. The number of carbonyl (C=O) groups is 1. The van der Waals surface area contributed by atoms with Crippen LogP contribution in [0.3, 0.4) is 0 Å². The number of nitrogens with zero attached hydrogens (tertiary/aromatic N) is 3. The van der Waals surface area contributed by atoms with E-state index in [4.69, 9.17) is 0 Å². The van der Waals surface area contributed by atoms with Gasteiger partial charge in [0.25, 0.3) is 5.91 Å². The summed E-state index contributed by atoms with van der Waals surface area (Å²) in [5.74, 6) is -0.341. The van der Waals surface area contributed by atoms with Gasteiger partial charge in [-0.3, -0.25) is 4.79 Å². The molecule has 1 saturated heterocycles. The van der Waals surface area contributed by atoms with Crippen LogP contribution in [0.1, 0.15) is 28.8 Å². The van der Waals surface area contributed by atoms with Crippen LogP contribution in [-0.2, 0) is 10.0 Å². The quantitative estimate of drug-likeness (QED) is 0.480. The second-order valence-electron chi connectivity index (χ2n) is 8.21. The van der Waals surface area contributed by atoms with Gasteiger partial charge in [0.15, 0.2) is 0 Å². The topological polar surface area (TPSA) is 83.8 Å². The van der Waals surface area contributed by atoms with Gasteiger partial charge in [-0.2, -0.15) is 4.31 Å². The molecule has 168 valence electrons. The Morgan fingerprint density at radius 1 is 1.00 bits per heavy atom. The number of carbonyl (C=O) groups excluding carboxylic acids is 1. The Morgan fingerprint density at radius 3 is 2.48 bits per heavy atom. The number of hydrogen-bond donors (Lipinski definition) is 1. The molecule has 1 N–H and O–H groups in total. The summed E-state index contributed by atoms with van der Waals surface area (Å²) in [6.07, 6.45) is 5.63. The third-order valence-corrected chi connectivity index (χ3v) is 7.85. The molecule has 0 bridgehead atoms. The molecule has 0 unspecified atom stereocenters. The van der Waals surface area contributed by atoms with Gasteiger partial charge in [-0.05, 0) is 61.7 Å². The summed E-state index contributed by atoms with van der Waals surface area (Å²) in [6, 6.07) is 18.0. The lowest BCUT2D eigenvalue weighted by Gasteiger charge is -2.17. The first-order chi connectivity index (χ1) is 15.9. The van der Waals surface area contributed by atoms with E-state index in [0.717, 1.165) is 29.7 Å². The Bertz CT molecular complexity index is 1400. The highest BCUT2D eigenvalue weighted by molar-refractivity contribution is 7.89. The molecule has 1 aliphatic rings. The van der Waals surface area contributed by atoms with E-state index in [1.54, 1.807) is 19.1 Å². The highest BCUT2D eigenvalue weighted by Gasteiger charge is 2.28. The lowest BCUT2D eigenvalue weighted by Crippen LogP contribution is -2.28. The third kappa shape index (κ3) is 4.15. The molecule has 0 radical (unpaired) electrons. The van der Waals surface area contributed by atoms with Crippen LogP contribution in [0.15, 0.2) is 78.0 Å². The van der Waals surface area contributed by atoms with E-state index in [1.807, 2.05) is 59.3 Å². The van der Waals surface area contributed by atoms with Crippen LogP contribution in [0, 0.1) is 6.92 Å². The number of imidazole rings is 1. The highest BCUT2D eigenvalue weighted by Crippen LogP contribution is 2.25. The molecule has 1 aliphatic heterocycles. The predicted octanol–water partition coefficient (Wildman–Crippen LogP) is 4.35. The number of nitrogens with one attached hydrogen (secondary N) is 1. The van der Waals surface area contributed by atoms with Crippen molar-refractivity contribution in [2.24, 2.45) is 0 Å². The van der Waals surface area contributed by atoms with Crippen molar-refractivity contribution < 1.29 is 13.2 Å². The number of aryl methyl sites for hydroxylation is 1. The van der Waals surface area contributed by atoms with Crippen LogP contribution >= 0.6 is 0 Å². The zero-order chi connectivity index (χ0) is 23.0. The maximum atomic E-state index is 13.0. The molecule has 33 heavy (non-hydrogen) atoms. The minimum Gasteiger partial charge on any atom is -0.322 e. The number of fused-ring (bicyclic) bond motifs is 1. The van der Waals surface area contributed by atoms with E-state index < -0.39 is 10.0 Å². The minimum atomic E-state index is -3.59. The number of aromatic nitrogens is 2. The van der Waals surface area contributed by atoms with E-state index in [-0.39, 0.29) is 10.8 Å². The molecule has 1 fully saturated rings. The summed E-state index contributed by atoms with van der Waals surface area (Å²) in [5.41, 5.74) is 4.33. The molecular formula is C25H24N4O3S. The summed E-state index contributed by atoms with van der Waals surface area (Å²) >= 11 is 0. The molecule has 2 aromatic heterocycles. The Kier molecular flexibility index (Phi) is 5.47. The number of rotatable bonds is 5. The molecular weight excluding hydrogens is 436 g/mol. The van der Waals surface area contributed by atoms with Crippen molar-refractivity contribution >= 4 is 27.3 Å². The van der Waals surface area contributed by atoms with Crippen LogP contribution in [0.5, 0.6) is 0 Å². The highest BCUT2D eigenvalue weighted by atomic mass is 32.2. The fourth-order valence-corrected chi connectivity index (χ4v) is 5.62. The Morgan fingerprint density at radius 2 is 1.76 bits per heavy atom. The monoisotopic (exact) mass is 460 g/mol. The molecule has 7 nitrogen and oxygen atoms in total. The summed E-state index contributed by atoms with van der Waals surface area (Å²) < 4.78 is 29.2. The molecule has 4 aromatic rings. The standard InChI is InChI=1S/C25H24N4O3S/c1-18-7-12-21(33(31,32)29-14-4-5-15-29)16-22(18)25(30)26-20-10-8-19(9-11-20)23-17-28-13-3-2-6-24(28)27-23/h2-3,6-13,16-17H,4-5,14-15H2,1H3,(H,26,30). The normalized spacial score (nSPS) is 14.6. The third-order valence-electron chi connectivity index (χ3n) is 5.96. The number of pyridine rings is 1. The van der Waals surface area contributed by atoms with Gasteiger partial charge in [0.05, 0.1) is 10.6 Å². The van der Waals surface area contributed by atoms with Crippen molar-refractivity contribution in [2.75, 3.05) is 18.4 Å². The summed E-state index contributed by atoms with van der Waals surface area (Å²) in [7, 11) is -3.59. The largest absolute Gasteiger partial charge is 0.322 e. The number of benzene rings is 2. The number of sulfonamides is 1.